The van der Waals surface area contributed by atoms with Gasteiger partial charge in [0, 0.05) is 50.3 Å². The SMILES string of the molecule is Cc1cc(CC(C)NC(=O)N2CCC3(CC2)CC3C(=O)N2CCCC2)n(-c2ccccc2)n1. The van der Waals surface area contributed by atoms with E-state index in [1.165, 1.54) is 0 Å². The van der Waals surface area contributed by atoms with Crippen molar-refractivity contribution >= 4 is 11.9 Å². The van der Waals surface area contributed by atoms with Gasteiger partial charge >= 0.3 is 6.03 Å². The number of carbonyl (C=O) groups is 2. The van der Waals surface area contributed by atoms with Crippen molar-refractivity contribution in [3.05, 3.63) is 47.8 Å². The highest BCUT2D eigenvalue weighted by Gasteiger charge is 2.59. The third-order valence-electron chi connectivity index (χ3n) is 7.74. The van der Waals surface area contributed by atoms with E-state index in [1.54, 1.807) is 0 Å². The number of hydrogen-bond acceptors (Lipinski definition) is 3. The number of nitrogens with one attached hydrogen (secondary N) is 1. The quantitative estimate of drug-likeness (QED) is 0.759. The van der Waals surface area contributed by atoms with Crippen LogP contribution in [0.5, 0.6) is 0 Å². The van der Waals surface area contributed by atoms with E-state index >= 15 is 0 Å². The van der Waals surface area contributed by atoms with Gasteiger partial charge in [0.25, 0.3) is 0 Å². The lowest BCUT2D eigenvalue weighted by atomic mass is 9.90. The van der Waals surface area contributed by atoms with Gasteiger partial charge in [-0.3, -0.25) is 4.79 Å². The summed E-state index contributed by atoms with van der Waals surface area (Å²) in [7, 11) is 0. The number of nitrogens with zero attached hydrogens (tertiary/aromatic N) is 4. The molecular weight excluding hydrogens is 414 g/mol. The number of hydrogen-bond donors (Lipinski definition) is 1. The van der Waals surface area contributed by atoms with Crippen LogP contribution < -0.4 is 5.32 Å². The maximum absolute atomic E-state index is 12.9. The highest BCUT2D eigenvalue weighted by Crippen LogP contribution is 2.60. The minimum absolute atomic E-state index is 0.00244. The van der Waals surface area contributed by atoms with Gasteiger partial charge in [-0.05, 0) is 69.6 Å². The molecule has 1 aromatic heterocycles. The van der Waals surface area contributed by atoms with Crippen LogP contribution in [0.3, 0.4) is 0 Å². The van der Waals surface area contributed by atoms with Crippen LogP contribution in [-0.4, -0.2) is 63.7 Å². The summed E-state index contributed by atoms with van der Waals surface area (Å²) in [6, 6.07) is 12.2. The Morgan fingerprint density at radius 2 is 1.79 bits per heavy atom. The van der Waals surface area contributed by atoms with Gasteiger partial charge in [-0.25, -0.2) is 9.48 Å². The lowest BCUT2D eigenvalue weighted by molar-refractivity contribution is -0.132. The number of urea groups is 1. The Morgan fingerprint density at radius 3 is 2.48 bits per heavy atom. The molecule has 2 atom stereocenters. The van der Waals surface area contributed by atoms with E-state index in [1.807, 2.05) is 53.8 Å². The largest absolute Gasteiger partial charge is 0.342 e. The molecule has 176 valence electrons. The first-order valence-corrected chi connectivity index (χ1v) is 12.4. The van der Waals surface area contributed by atoms with Crippen LogP contribution in [0.2, 0.25) is 0 Å². The summed E-state index contributed by atoms with van der Waals surface area (Å²) < 4.78 is 1.97. The summed E-state index contributed by atoms with van der Waals surface area (Å²) in [6.45, 7) is 7.38. The molecule has 7 nitrogen and oxygen atoms in total. The highest BCUT2D eigenvalue weighted by atomic mass is 16.2. The Balaban J connectivity index is 1.13. The highest BCUT2D eigenvalue weighted by molar-refractivity contribution is 5.83. The molecule has 0 bridgehead atoms. The van der Waals surface area contributed by atoms with E-state index in [4.69, 9.17) is 0 Å². The van der Waals surface area contributed by atoms with Crippen LogP contribution in [0.4, 0.5) is 4.79 Å². The van der Waals surface area contributed by atoms with Crippen LogP contribution in [0.15, 0.2) is 36.4 Å². The molecule has 3 aliphatic rings. The third kappa shape index (κ3) is 4.50. The molecule has 2 aliphatic heterocycles. The molecular formula is C26H35N5O2. The fraction of sp³-hybridized carbons (Fsp3) is 0.577. The van der Waals surface area contributed by atoms with Gasteiger partial charge < -0.3 is 15.1 Å². The lowest BCUT2D eigenvalue weighted by Crippen LogP contribution is -2.48. The van der Waals surface area contributed by atoms with Gasteiger partial charge in [-0.2, -0.15) is 5.10 Å². The number of aryl methyl sites for hydroxylation is 1. The number of benzene rings is 1. The van der Waals surface area contributed by atoms with Gasteiger partial charge in [-0.1, -0.05) is 18.2 Å². The van der Waals surface area contributed by atoms with Crippen LogP contribution in [0.25, 0.3) is 5.69 Å². The van der Waals surface area contributed by atoms with E-state index in [9.17, 15) is 9.59 Å². The van der Waals surface area contributed by atoms with Crippen LogP contribution >= 0.6 is 0 Å². The smallest absolute Gasteiger partial charge is 0.317 e. The molecule has 3 heterocycles. The molecule has 33 heavy (non-hydrogen) atoms. The standard InChI is InChI=1S/C26H35N5O2/c1-19(16-22-17-20(2)28-31(22)21-8-4-3-5-9-21)27-25(33)30-14-10-26(11-15-30)18-23(26)24(32)29-12-6-7-13-29/h3-5,8-9,17,19,23H,6-7,10-16,18H2,1-2H3,(H,27,33). The lowest BCUT2D eigenvalue weighted by Gasteiger charge is -2.34. The van der Waals surface area contributed by atoms with Gasteiger partial charge in [0.1, 0.15) is 0 Å². The van der Waals surface area contributed by atoms with Crippen molar-refractivity contribution in [1.82, 2.24) is 24.9 Å². The topological polar surface area (TPSA) is 70.5 Å². The zero-order chi connectivity index (χ0) is 23.0. The van der Waals surface area contributed by atoms with Crippen molar-refractivity contribution in [2.45, 2.75) is 58.4 Å². The van der Waals surface area contributed by atoms with E-state index in [2.05, 4.69) is 21.4 Å². The van der Waals surface area contributed by atoms with Crippen molar-refractivity contribution < 1.29 is 9.59 Å². The fourth-order valence-corrected chi connectivity index (χ4v) is 5.72. The first-order chi connectivity index (χ1) is 15.9. The molecule has 7 heteroatoms. The van der Waals surface area contributed by atoms with Gasteiger partial charge in [0.2, 0.25) is 5.91 Å². The third-order valence-corrected chi connectivity index (χ3v) is 7.74. The second-order valence-electron chi connectivity index (χ2n) is 10.2. The van der Waals surface area contributed by atoms with Gasteiger partial charge in [0.15, 0.2) is 0 Å². The van der Waals surface area contributed by atoms with E-state index < -0.39 is 0 Å². The Kier molecular flexibility index (Phi) is 5.89. The second-order valence-corrected chi connectivity index (χ2v) is 10.2. The molecule has 1 saturated carbocycles. The van der Waals surface area contributed by atoms with Crippen molar-refractivity contribution in [1.29, 1.82) is 0 Å². The first kappa shape index (κ1) is 22.0. The normalized spacial score (nSPS) is 22.4. The number of aromatic nitrogens is 2. The minimum atomic E-state index is -0.00244. The van der Waals surface area contributed by atoms with Crippen LogP contribution in [0.1, 0.15) is 50.4 Å². The summed E-state index contributed by atoms with van der Waals surface area (Å²) in [5.74, 6) is 0.561. The number of amides is 3. The molecule has 3 fully saturated rings. The molecule has 2 aromatic rings. The average Bonchev–Trinajstić information content (AvgIpc) is 3.15. The molecule has 2 saturated heterocycles. The molecule has 5 rings (SSSR count). The average molecular weight is 450 g/mol. The molecule has 1 N–H and O–H groups in total. The van der Waals surface area contributed by atoms with Crippen molar-refractivity contribution in [3.8, 4) is 5.69 Å². The zero-order valence-electron chi connectivity index (χ0n) is 19.8. The van der Waals surface area contributed by atoms with Gasteiger partial charge in [-0.15, -0.1) is 0 Å². The summed E-state index contributed by atoms with van der Waals surface area (Å²) in [4.78, 5) is 29.7. The Hall–Kier alpha value is -2.83. The summed E-state index contributed by atoms with van der Waals surface area (Å²) in [5.41, 5.74) is 3.24. The number of carbonyl (C=O) groups excluding carboxylic acids is 2. The first-order valence-electron chi connectivity index (χ1n) is 12.4. The maximum atomic E-state index is 12.9. The molecule has 1 aliphatic carbocycles. The number of piperidine rings is 1. The Morgan fingerprint density at radius 1 is 1.09 bits per heavy atom. The minimum Gasteiger partial charge on any atom is -0.342 e. The fourth-order valence-electron chi connectivity index (χ4n) is 5.72. The Bertz CT molecular complexity index is 1000. The summed E-state index contributed by atoms with van der Waals surface area (Å²) >= 11 is 0. The predicted molar refractivity (Wildman–Crippen MR) is 127 cm³/mol. The second kappa shape index (κ2) is 8.84. The van der Waals surface area contributed by atoms with Crippen molar-refractivity contribution in [3.63, 3.8) is 0 Å². The molecule has 1 aromatic carbocycles. The number of para-hydroxylation sites is 1. The summed E-state index contributed by atoms with van der Waals surface area (Å²) in [6.07, 6.45) is 5.90. The van der Waals surface area contributed by atoms with E-state index in [-0.39, 0.29) is 23.4 Å². The maximum Gasteiger partial charge on any atom is 0.317 e. The molecule has 2 unspecified atom stereocenters. The van der Waals surface area contributed by atoms with Crippen molar-refractivity contribution in [2.75, 3.05) is 26.2 Å². The predicted octanol–water partition coefficient (Wildman–Crippen LogP) is 3.55. The molecule has 3 amide bonds. The van der Waals surface area contributed by atoms with Gasteiger partial charge in [0.05, 0.1) is 11.4 Å². The van der Waals surface area contributed by atoms with Crippen LogP contribution in [-0.2, 0) is 11.2 Å². The van der Waals surface area contributed by atoms with E-state index in [0.717, 1.165) is 75.4 Å². The monoisotopic (exact) mass is 449 g/mol. The number of rotatable bonds is 5. The summed E-state index contributed by atoms with van der Waals surface area (Å²) in [5, 5.41) is 7.82. The van der Waals surface area contributed by atoms with Crippen LogP contribution in [0, 0.1) is 18.3 Å². The molecule has 1 spiro atoms. The number of likely N-dealkylation sites (tertiary alicyclic amines) is 2. The van der Waals surface area contributed by atoms with E-state index in [0.29, 0.717) is 12.3 Å². The zero-order valence-corrected chi connectivity index (χ0v) is 19.8. The molecule has 0 radical (unpaired) electrons. The Labute approximate surface area is 196 Å². The van der Waals surface area contributed by atoms with Crippen molar-refractivity contribution in [2.24, 2.45) is 11.3 Å².